The van der Waals surface area contributed by atoms with Gasteiger partial charge in [-0.25, -0.2) is 4.98 Å². The highest BCUT2D eigenvalue weighted by Crippen LogP contribution is 2.29. The van der Waals surface area contributed by atoms with Crippen LogP contribution < -0.4 is 20.3 Å². The molecule has 1 amide bonds. The summed E-state index contributed by atoms with van der Waals surface area (Å²) in [7, 11) is 0. The maximum Gasteiger partial charge on any atom is 0.282 e. The number of carbonyl (C=O) groups is 1. The Morgan fingerprint density at radius 2 is 1.89 bits per heavy atom. The second-order valence-electron chi connectivity index (χ2n) is 5.85. The maximum atomic E-state index is 12.8. The molecule has 0 aliphatic rings. The van der Waals surface area contributed by atoms with Crippen LogP contribution in [0.2, 0.25) is 0 Å². The van der Waals surface area contributed by atoms with E-state index in [1.165, 1.54) is 15.7 Å². The van der Waals surface area contributed by atoms with Gasteiger partial charge in [-0.1, -0.05) is 0 Å². The average Bonchev–Trinajstić information content (AvgIpc) is 3.01. The van der Waals surface area contributed by atoms with Gasteiger partial charge in [-0.2, -0.15) is 0 Å². The predicted molar refractivity (Wildman–Crippen MR) is 106 cm³/mol. The van der Waals surface area contributed by atoms with Gasteiger partial charge in [0.1, 0.15) is 5.69 Å². The molecule has 0 unspecified atom stereocenters. The first-order valence-corrected chi connectivity index (χ1v) is 9.52. The number of hydrogen-bond donors (Lipinski definition) is 1. The van der Waals surface area contributed by atoms with E-state index in [0.717, 1.165) is 5.69 Å². The van der Waals surface area contributed by atoms with E-state index in [2.05, 4.69) is 10.3 Å². The van der Waals surface area contributed by atoms with Crippen LogP contribution in [-0.2, 0) is 0 Å². The van der Waals surface area contributed by atoms with Crippen LogP contribution in [0.4, 0.5) is 5.69 Å². The van der Waals surface area contributed by atoms with Gasteiger partial charge in [0, 0.05) is 16.6 Å². The number of hydrogen-bond acceptors (Lipinski definition) is 6. The van der Waals surface area contributed by atoms with Crippen molar-refractivity contribution in [1.82, 2.24) is 9.38 Å². The summed E-state index contributed by atoms with van der Waals surface area (Å²) in [6.07, 6.45) is 0. The SMILES string of the molecule is CCOc1ccc(C(=O)Nc2c(C)nc3scc(C)n3c2=O)cc1OCC. The van der Waals surface area contributed by atoms with Gasteiger partial charge in [0.15, 0.2) is 16.5 Å². The molecular formula is C19H21N3O4S. The molecule has 0 aliphatic heterocycles. The molecule has 0 bridgehead atoms. The molecule has 0 atom stereocenters. The summed E-state index contributed by atoms with van der Waals surface area (Å²) in [6, 6.07) is 4.93. The highest BCUT2D eigenvalue weighted by atomic mass is 32.1. The van der Waals surface area contributed by atoms with Crippen LogP contribution in [0.1, 0.15) is 35.6 Å². The van der Waals surface area contributed by atoms with E-state index in [4.69, 9.17) is 9.47 Å². The van der Waals surface area contributed by atoms with E-state index >= 15 is 0 Å². The van der Waals surface area contributed by atoms with Gasteiger partial charge in [0.25, 0.3) is 11.5 Å². The van der Waals surface area contributed by atoms with Gasteiger partial charge < -0.3 is 14.8 Å². The summed E-state index contributed by atoms with van der Waals surface area (Å²) < 4.78 is 12.6. The van der Waals surface area contributed by atoms with Crippen LogP contribution in [-0.4, -0.2) is 28.5 Å². The fourth-order valence-corrected chi connectivity index (χ4v) is 3.61. The van der Waals surface area contributed by atoms with Crippen LogP contribution in [0.3, 0.4) is 0 Å². The normalized spacial score (nSPS) is 10.8. The highest BCUT2D eigenvalue weighted by Gasteiger charge is 2.17. The lowest BCUT2D eigenvalue weighted by Gasteiger charge is -2.13. The number of ether oxygens (including phenoxy) is 2. The van der Waals surface area contributed by atoms with Crippen molar-refractivity contribution in [2.24, 2.45) is 0 Å². The number of aromatic nitrogens is 2. The summed E-state index contributed by atoms with van der Waals surface area (Å²) in [4.78, 5) is 30.5. The zero-order chi connectivity index (χ0) is 19.6. The number of rotatable bonds is 6. The number of nitrogens with zero attached hydrogens (tertiary/aromatic N) is 2. The summed E-state index contributed by atoms with van der Waals surface area (Å²) in [6.45, 7) is 8.21. The van der Waals surface area contributed by atoms with Gasteiger partial charge in [-0.3, -0.25) is 14.0 Å². The van der Waals surface area contributed by atoms with Gasteiger partial charge in [-0.15, -0.1) is 11.3 Å². The minimum atomic E-state index is -0.408. The fourth-order valence-electron chi connectivity index (χ4n) is 2.71. The smallest absolute Gasteiger partial charge is 0.282 e. The number of carbonyl (C=O) groups excluding carboxylic acids is 1. The van der Waals surface area contributed by atoms with E-state index in [1.54, 1.807) is 25.1 Å². The summed E-state index contributed by atoms with van der Waals surface area (Å²) in [5, 5.41) is 4.55. The van der Waals surface area contributed by atoms with Crippen molar-refractivity contribution in [2.75, 3.05) is 18.5 Å². The number of thiazole rings is 1. The maximum absolute atomic E-state index is 12.8. The van der Waals surface area contributed by atoms with Crippen molar-refractivity contribution < 1.29 is 14.3 Å². The number of benzene rings is 1. The van der Waals surface area contributed by atoms with E-state index in [9.17, 15) is 9.59 Å². The molecule has 142 valence electrons. The van der Waals surface area contributed by atoms with Crippen LogP contribution >= 0.6 is 11.3 Å². The van der Waals surface area contributed by atoms with E-state index in [-0.39, 0.29) is 11.2 Å². The highest BCUT2D eigenvalue weighted by molar-refractivity contribution is 7.15. The lowest BCUT2D eigenvalue weighted by Crippen LogP contribution is -2.25. The zero-order valence-corrected chi connectivity index (χ0v) is 16.5. The Balaban J connectivity index is 1.96. The Bertz CT molecular complexity index is 1060. The molecule has 0 fully saturated rings. The van der Waals surface area contributed by atoms with Crippen molar-refractivity contribution in [1.29, 1.82) is 0 Å². The quantitative estimate of drug-likeness (QED) is 0.701. The molecule has 1 aromatic carbocycles. The third-order valence-corrected chi connectivity index (χ3v) is 4.91. The molecule has 3 aromatic rings. The summed E-state index contributed by atoms with van der Waals surface area (Å²) in [5.74, 6) is 0.653. The van der Waals surface area contributed by atoms with E-state index in [1.807, 2.05) is 26.2 Å². The molecule has 8 heteroatoms. The van der Waals surface area contributed by atoms with Crippen LogP contribution in [0, 0.1) is 13.8 Å². The van der Waals surface area contributed by atoms with Crippen molar-refractivity contribution in [3.8, 4) is 11.5 Å². The third kappa shape index (κ3) is 3.66. The molecule has 2 aromatic heterocycles. The Labute approximate surface area is 160 Å². The number of fused-ring (bicyclic) bond motifs is 1. The van der Waals surface area contributed by atoms with Crippen molar-refractivity contribution in [3.63, 3.8) is 0 Å². The topological polar surface area (TPSA) is 81.9 Å². The minimum absolute atomic E-state index is 0.172. The standard InChI is InChI=1S/C19H21N3O4S/c1-5-25-14-8-7-13(9-15(14)26-6-2)17(23)21-16-12(4)20-19-22(18(16)24)11(3)10-27-19/h7-10H,5-6H2,1-4H3,(H,21,23). The van der Waals surface area contributed by atoms with Gasteiger partial charge >= 0.3 is 0 Å². The number of anilines is 1. The molecular weight excluding hydrogens is 366 g/mol. The molecule has 7 nitrogen and oxygen atoms in total. The third-order valence-electron chi connectivity index (χ3n) is 3.97. The first-order valence-electron chi connectivity index (χ1n) is 8.64. The Morgan fingerprint density at radius 3 is 2.59 bits per heavy atom. The lowest BCUT2D eigenvalue weighted by molar-refractivity contribution is 0.102. The van der Waals surface area contributed by atoms with Gasteiger partial charge in [0.2, 0.25) is 0 Å². The number of amides is 1. The first-order chi connectivity index (χ1) is 13.0. The zero-order valence-electron chi connectivity index (χ0n) is 15.7. The molecule has 0 aliphatic carbocycles. The number of nitrogens with one attached hydrogen (secondary N) is 1. The molecule has 1 N–H and O–H groups in total. The van der Waals surface area contributed by atoms with E-state index in [0.29, 0.717) is 40.9 Å². The first kappa shape index (κ1) is 18.9. The predicted octanol–water partition coefficient (Wildman–Crippen LogP) is 3.42. The molecule has 3 rings (SSSR count). The van der Waals surface area contributed by atoms with Crippen molar-refractivity contribution in [2.45, 2.75) is 27.7 Å². The number of aryl methyl sites for hydroxylation is 2. The molecule has 0 saturated heterocycles. The van der Waals surface area contributed by atoms with Crippen LogP contribution in [0.25, 0.3) is 4.96 Å². The van der Waals surface area contributed by atoms with E-state index < -0.39 is 5.91 Å². The Kier molecular flexibility index (Phi) is 5.46. The Hall–Kier alpha value is -2.87. The average molecular weight is 387 g/mol. The molecule has 0 saturated carbocycles. The Morgan fingerprint density at radius 1 is 1.19 bits per heavy atom. The van der Waals surface area contributed by atoms with Gasteiger partial charge in [0.05, 0.1) is 18.9 Å². The summed E-state index contributed by atoms with van der Waals surface area (Å²) in [5.41, 5.74) is 1.51. The molecule has 2 heterocycles. The van der Waals surface area contributed by atoms with Crippen molar-refractivity contribution >= 4 is 27.9 Å². The van der Waals surface area contributed by atoms with Crippen LogP contribution in [0.15, 0.2) is 28.4 Å². The molecule has 27 heavy (non-hydrogen) atoms. The lowest BCUT2D eigenvalue weighted by atomic mass is 10.2. The van der Waals surface area contributed by atoms with Gasteiger partial charge in [-0.05, 0) is 45.9 Å². The van der Waals surface area contributed by atoms with Crippen LogP contribution in [0.5, 0.6) is 11.5 Å². The minimum Gasteiger partial charge on any atom is -0.490 e. The second kappa shape index (κ2) is 7.79. The summed E-state index contributed by atoms with van der Waals surface area (Å²) >= 11 is 1.39. The molecule has 0 spiro atoms. The second-order valence-corrected chi connectivity index (χ2v) is 6.69. The van der Waals surface area contributed by atoms with Crippen molar-refractivity contribution in [3.05, 3.63) is 50.9 Å². The fraction of sp³-hybridized carbons (Fsp3) is 0.316. The molecule has 0 radical (unpaired) electrons. The monoisotopic (exact) mass is 387 g/mol. The largest absolute Gasteiger partial charge is 0.490 e.